The Balaban J connectivity index is 1.77. The first-order valence-corrected chi connectivity index (χ1v) is 11.3. The number of benzene rings is 3. The zero-order chi connectivity index (χ0) is 24.6. The maximum Gasteiger partial charge on any atom is 0.343 e. The molecule has 0 radical (unpaired) electrons. The second kappa shape index (κ2) is 9.14. The van der Waals surface area contributed by atoms with Gasteiger partial charge in [0, 0.05) is 11.1 Å². The zero-order valence-corrected chi connectivity index (χ0v) is 19.3. The predicted molar refractivity (Wildman–Crippen MR) is 127 cm³/mol. The van der Waals surface area contributed by atoms with Gasteiger partial charge < -0.3 is 14.9 Å². The Bertz CT molecular complexity index is 1300. The van der Waals surface area contributed by atoms with Gasteiger partial charge in [0.05, 0.1) is 16.7 Å². The summed E-state index contributed by atoms with van der Waals surface area (Å²) >= 11 is 0. The summed E-state index contributed by atoms with van der Waals surface area (Å²) in [6.07, 6.45) is 1.82. The van der Waals surface area contributed by atoms with E-state index < -0.39 is 23.3 Å². The van der Waals surface area contributed by atoms with E-state index in [1.807, 2.05) is 19.1 Å². The van der Waals surface area contributed by atoms with Crippen molar-refractivity contribution in [1.82, 2.24) is 0 Å². The van der Waals surface area contributed by atoms with E-state index in [0.29, 0.717) is 30.1 Å². The Morgan fingerprint density at radius 3 is 2.26 bits per heavy atom. The van der Waals surface area contributed by atoms with Crippen LogP contribution in [0.3, 0.4) is 0 Å². The number of rotatable bonds is 6. The van der Waals surface area contributed by atoms with Crippen LogP contribution in [-0.2, 0) is 12.8 Å². The average molecular weight is 459 g/mol. The summed E-state index contributed by atoms with van der Waals surface area (Å²) in [5.41, 5.74) is 1.20. The van der Waals surface area contributed by atoms with E-state index in [9.17, 15) is 24.6 Å². The number of hydrogen-bond acceptors (Lipinski definition) is 6. The third-order valence-electron chi connectivity index (χ3n) is 5.88. The minimum atomic E-state index is -0.722. The van der Waals surface area contributed by atoms with E-state index in [4.69, 9.17) is 4.74 Å². The SMILES string of the molecule is CCCc1c(C(=O)Oc2ccc(CC(C)C)cc2)cc(O)c2c1C(=O)c1cccc(O)c1C2=O. The van der Waals surface area contributed by atoms with Gasteiger partial charge in [-0.1, -0.05) is 51.5 Å². The monoisotopic (exact) mass is 458 g/mol. The summed E-state index contributed by atoms with van der Waals surface area (Å²) in [7, 11) is 0. The van der Waals surface area contributed by atoms with Crippen LogP contribution in [0.15, 0.2) is 48.5 Å². The Morgan fingerprint density at radius 2 is 1.62 bits per heavy atom. The molecule has 0 unspecified atom stereocenters. The Hall–Kier alpha value is -3.93. The van der Waals surface area contributed by atoms with E-state index in [1.165, 1.54) is 24.3 Å². The average Bonchev–Trinajstić information content (AvgIpc) is 2.79. The summed E-state index contributed by atoms with van der Waals surface area (Å²) in [5, 5.41) is 20.9. The maximum absolute atomic E-state index is 13.4. The number of esters is 1. The van der Waals surface area contributed by atoms with Crippen molar-refractivity contribution in [3.05, 3.63) is 87.5 Å². The Morgan fingerprint density at radius 1 is 0.912 bits per heavy atom. The molecule has 1 aliphatic rings. The highest BCUT2D eigenvalue weighted by Crippen LogP contribution is 2.40. The van der Waals surface area contributed by atoms with Crippen molar-refractivity contribution in [2.75, 3.05) is 0 Å². The number of phenolic OH excluding ortho intramolecular Hbond substituents is 2. The second-order valence-corrected chi connectivity index (χ2v) is 8.91. The molecule has 0 amide bonds. The topological polar surface area (TPSA) is 101 Å². The summed E-state index contributed by atoms with van der Waals surface area (Å²) in [4.78, 5) is 39.7. The highest BCUT2D eigenvalue weighted by Gasteiger charge is 2.37. The first kappa shape index (κ1) is 23.2. The molecule has 6 heteroatoms. The molecule has 3 aromatic rings. The number of carbonyl (C=O) groups is 3. The number of phenols is 2. The molecule has 0 saturated carbocycles. The van der Waals surface area contributed by atoms with E-state index in [1.54, 1.807) is 12.1 Å². The van der Waals surface area contributed by atoms with Crippen molar-refractivity contribution in [3.8, 4) is 17.2 Å². The molecule has 4 rings (SSSR count). The van der Waals surface area contributed by atoms with Gasteiger partial charge in [0.1, 0.15) is 17.2 Å². The molecule has 0 heterocycles. The Labute approximate surface area is 197 Å². The molecule has 0 aliphatic heterocycles. The first-order chi connectivity index (χ1) is 16.2. The van der Waals surface area contributed by atoms with Gasteiger partial charge in [0.2, 0.25) is 5.78 Å². The van der Waals surface area contributed by atoms with Gasteiger partial charge in [0.25, 0.3) is 0 Å². The number of carbonyl (C=O) groups excluding carboxylic acids is 3. The van der Waals surface area contributed by atoms with Gasteiger partial charge in [0.15, 0.2) is 5.78 Å². The quantitative estimate of drug-likeness (QED) is 0.303. The van der Waals surface area contributed by atoms with Crippen LogP contribution in [0.1, 0.15) is 80.5 Å². The minimum Gasteiger partial charge on any atom is -0.507 e. The van der Waals surface area contributed by atoms with Crippen molar-refractivity contribution >= 4 is 17.5 Å². The second-order valence-electron chi connectivity index (χ2n) is 8.91. The van der Waals surface area contributed by atoms with Crippen molar-refractivity contribution in [3.63, 3.8) is 0 Å². The molecule has 0 aromatic heterocycles. The number of hydrogen-bond donors (Lipinski definition) is 2. The highest BCUT2D eigenvalue weighted by atomic mass is 16.5. The maximum atomic E-state index is 13.4. The van der Waals surface area contributed by atoms with Crippen LogP contribution < -0.4 is 4.74 Å². The molecule has 0 fully saturated rings. The minimum absolute atomic E-state index is 0.0100. The lowest BCUT2D eigenvalue weighted by molar-refractivity contribution is 0.0732. The molecule has 6 nitrogen and oxygen atoms in total. The standard InChI is InChI=1S/C28H26O6/c1-4-6-18-20(28(33)34-17-11-9-16(10-12-17)13-15(2)3)14-22(30)25-24(18)26(31)19-7-5-8-21(29)23(19)27(25)32/h5,7-12,14-15,29-30H,4,6,13H2,1-3H3. The van der Waals surface area contributed by atoms with Crippen LogP contribution >= 0.6 is 0 Å². The van der Waals surface area contributed by atoms with Crippen LogP contribution in [-0.4, -0.2) is 27.7 Å². The molecular weight excluding hydrogens is 432 g/mol. The molecule has 34 heavy (non-hydrogen) atoms. The van der Waals surface area contributed by atoms with E-state index >= 15 is 0 Å². The molecular formula is C28H26O6. The smallest absolute Gasteiger partial charge is 0.343 e. The summed E-state index contributed by atoms with van der Waals surface area (Å²) < 4.78 is 5.56. The first-order valence-electron chi connectivity index (χ1n) is 11.3. The van der Waals surface area contributed by atoms with Gasteiger partial charge in [-0.05, 0) is 54.2 Å². The van der Waals surface area contributed by atoms with Gasteiger partial charge in [-0.3, -0.25) is 9.59 Å². The van der Waals surface area contributed by atoms with Crippen LogP contribution in [0.2, 0.25) is 0 Å². The molecule has 3 aromatic carbocycles. The summed E-state index contributed by atoms with van der Waals surface area (Å²) in [5.74, 6) is -1.89. The lowest BCUT2D eigenvalue weighted by atomic mass is 9.78. The lowest BCUT2D eigenvalue weighted by Crippen LogP contribution is -2.25. The number of ether oxygens (including phenoxy) is 1. The molecule has 0 bridgehead atoms. The Kier molecular flexibility index (Phi) is 6.24. The van der Waals surface area contributed by atoms with Crippen LogP contribution in [0.25, 0.3) is 0 Å². The molecule has 0 atom stereocenters. The van der Waals surface area contributed by atoms with Crippen molar-refractivity contribution in [1.29, 1.82) is 0 Å². The highest BCUT2D eigenvalue weighted by molar-refractivity contribution is 6.31. The fourth-order valence-electron chi connectivity index (χ4n) is 4.44. The van der Waals surface area contributed by atoms with Gasteiger partial charge in [-0.15, -0.1) is 0 Å². The van der Waals surface area contributed by atoms with Crippen LogP contribution in [0.4, 0.5) is 0 Å². The molecule has 0 saturated heterocycles. The van der Waals surface area contributed by atoms with Gasteiger partial charge >= 0.3 is 5.97 Å². The molecule has 174 valence electrons. The normalized spacial score (nSPS) is 12.5. The third kappa shape index (κ3) is 4.07. The fourth-order valence-corrected chi connectivity index (χ4v) is 4.44. The molecule has 2 N–H and O–H groups in total. The van der Waals surface area contributed by atoms with E-state index in [2.05, 4.69) is 13.8 Å². The molecule has 1 aliphatic carbocycles. The predicted octanol–water partition coefficient (Wildman–Crippen LogP) is 5.24. The molecule has 0 spiro atoms. The third-order valence-corrected chi connectivity index (χ3v) is 5.88. The number of aromatic hydroxyl groups is 2. The van der Waals surface area contributed by atoms with E-state index in [-0.39, 0.29) is 33.6 Å². The van der Waals surface area contributed by atoms with Crippen LogP contribution in [0.5, 0.6) is 17.2 Å². The fraction of sp³-hybridized carbons (Fsp3) is 0.250. The van der Waals surface area contributed by atoms with Crippen molar-refractivity contribution < 1.29 is 29.3 Å². The number of fused-ring (bicyclic) bond motifs is 2. The van der Waals surface area contributed by atoms with Crippen molar-refractivity contribution in [2.24, 2.45) is 5.92 Å². The lowest BCUT2D eigenvalue weighted by Gasteiger charge is -2.23. The van der Waals surface area contributed by atoms with Crippen molar-refractivity contribution in [2.45, 2.75) is 40.0 Å². The van der Waals surface area contributed by atoms with Crippen LogP contribution in [0, 0.1) is 5.92 Å². The zero-order valence-electron chi connectivity index (χ0n) is 19.3. The largest absolute Gasteiger partial charge is 0.507 e. The summed E-state index contributed by atoms with van der Waals surface area (Å²) in [6, 6.07) is 12.6. The van der Waals surface area contributed by atoms with E-state index in [0.717, 1.165) is 12.0 Å². The summed E-state index contributed by atoms with van der Waals surface area (Å²) in [6.45, 7) is 6.13. The number of ketones is 2. The van der Waals surface area contributed by atoms with Gasteiger partial charge in [-0.2, -0.15) is 0 Å². The van der Waals surface area contributed by atoms with Gasteiger partial charge in [-0.25, -0.2) is 4.79 Å².